The van der Waals surface area contributed by atoms with E-state index >= 15 is 0 Å². The standard InChI is InChI=1S/C22H23N3O2/c1-15-7-8-19(13-20(15)21-23-16(2)14-27-21)24-22(26)25-11-9-17-5-3-4-6-18(17)10-12-25/h3-8,13-14H,9-12H2,1-2H3,(H,24,26). The molecule has 1 aliphatic heterocycles. The van der Waals surface area contributed by atoms with Crippen LogP contribution in [0.4, 0.5) is 10.5 Å². The fourth-order valence-electron chi connectivity index (χ4n) is 3.48. The van der Waals surface area contributed by atoms with Gasteiger partial charge in [0.25, 0.3) is 0 Å². The number of aromatic nitrogens is 1. The third-order valence-electron chi connectivity index (χ3n) is 5.05. The van der Waals surface area contributed by atoms with Gasteiger partial charge in [0, 0.05) is 24.3 Å². The number of carbonyl (C=O) groups is 1. The summed E-state index contributed by atoms with van der Waals surface area (Å²) in [5.41, 5.74) is 6.21. The van der Waals surface area contributed by atoms with Crippen LogP contribution in [0.2, 0.25) is 0 Å². The molecule has 0 atom stereocenters. The second-order valence-corrected chi connectivity index (χ2v) is 7.01. The first-order valence-electron chi connectivity index (χ1n) is 9.26. The molecule has 2 amide bonds. The number of rotatable bonds is 2. The smallest absolute Gasteiger partial charge is 0.321 e. The minimum atomic E-state index is -0.0683. The summed E-state index contributed by atoms with van der Waals surface area (Å²) in [5, 5.41) is 3.03. The topological polar surface area (TPSA) is 58.4 Å². The molecule has 138 valence electrons. The number of fused-ring (bicyclic) bond motifs is 1. The van der Waals surface area contributed by atoms with E-state index in [0.29, 0.717) is 5.89 Å². The number of nitrogens with one attached hydrogen (secondary N) is 1. The van der Waals surface area contributed by atoms with Gasteiger partial charge in [-0.2, -0.15) is 0 Å². The second-order valence-electron chi connectivity index (χ2n) is 7.01. The fourth-order valence-corrected chi connectivity index (χ4v) is 3.48. The molecule has 0 saturated carbocycles. The quantitative estimate of drug-likeness (QED) is 0.726. The lowest BCUT2D eigenvalue weighted by atomic mass is 10.0. The molecule has 2 heterocycles. The van der Waals surface area contributed by atoms with Crippen molar-refractivity contribution in [3.63, 3.8) is 0 Å². The number of benzene rings is 2. The summed E-state index contributed by atoms with van der Waals surface area (Å²) < 4.78 is 5.53. The maximum Gasteiger partial charge on any atom is 0.321 e. The Hall–Kier alpha value is -3.08. The highest BCUT2D eigenvalue weighted by Crippen LogP contribution is 2.26. The summed E-state index contributed by atoms with van der Waals surface area (Å²) in [6.45, 7) is 5.35. The molecule has 2 aromatic carbocycles. The van der Waals surface area contributed by atoms with E-state index in [-0.39, 0.29) is 6.03 Å². The van der Waals surface area contributed by atoms with E-state index in [1.165, 1.54) is 11.1 Å². The Labute approximate surface area is 159 Å². The van der Waals surface area contributed by atoms with Crippen LogP contribution in [0.15, 0.2) is 53.1 Å². The first kappa shape index (κ1) is 17.3. The zero-order valence-corrected chi connectivity index (χ0v) is 15.7. The summed E-state index contributed by atoms with van der Waals surface area (Å²) in [6.07, 6.45) is 3.41. The molecular formula is C22H23N3O2. The third kappa shape index (κ3) is 3.72. The van der Waals surface area contributed by atoms with Crippen molar-refractivity contribution in [3.8, 4) is 11.5 Å². The average molecular weight is 361 g/mol. The van der Waals surface area contributed by atoms with Crippen LogP contribution < -0.4 is 5.32 Å². The van der Waals surface area contributed by atoms with Crippen molar-refractivity contribution in [2.75, 3.05) is 18.4 Å². The van der Waals surface area contributed by atoms with Crippen LogP contribution in [0.5, 0.6) is 0 Å². The number of anilines is 1. The Morgan fingerprint density at radius 3 is 2.41 bits per heavy atom. The Balaban J connectivity index is 1.49. The molecule has 0 saturated heterocycles. The van der Waals surface area contributed by atoms with Gasteiger partial charge in [0.1, 0.15) is 6.26 Å². The first-order chi connectivity index (χ1) is 13.1. The molecule has 0 spiro atoms. The molecule has 0 bridgehead atoms. The monoisotopic (exact) mass is 361 g/mol. The van der Waals surface area contributed by atoms with Crippen LogP contribution in [-0.2, 0) is 12.8 Å². The maximum atomic E-state index is 12.8. The van der Waals surface area contributed by atoms with Gasteiger partial charge >= 0.3 is 6.03 Å². The number of hydrogen-bond acceptors (Lipinski definition) is 3. The molecular weight excluding hydrogens is 338 g/mol. The first-order valence-corrected chi connectivity index (χ1v) is 9.26. The lowest BCUT2D eigenvalue weighted by Gasteiger charge is -2.21. The molecule has 0 unspecified atom stereocenters. The van der Waals surface area contributed by atoms with E-state index < -0.39 is 0 Å². The van der Waals surface area contributed by atoms with Gasteiger partial charge in [-0.25, -0.2) is 9.78 Å². The molecule has 5 heteroatoms. The predicted molar refractivity (Wildman–Crippen MR) is 106 cm³/mol. The van der Waals surface area contributed by atoms with Crippen molar-refractivity contribution in [2.24, 2.45) is 0 Å². The van der Waals surface area contributed by atoms with Crippen LogP contribution in [0.3, 0.4) is 0 Å². The summed E-state index contributed by atoms with van der Waals surface area (Å²) in [6, 6.07) is 14.2. The second kappa shape index (κ2) is 7.27. The fraction of sp³-hybridized carbons (Fsp3) is 0.273. The minimum absolute atomic E-state index is 0.0683. The highest BCUT2D eigenvalue weighted by atomic mass is 16.3. The number of nitrogens with zero attached hydrogens (tertiary/aromatic N) is 2. The van der Waals surface area contributed by atoms with Crippen LogP contribution in [-0.4, -0.2) is 29.0 Å². The number of hydrogen-bond donors (Lipinski definition) is 1. The average Bonchev–Trinajstić information content (AvgIpc) is 2.98. The van der Waals surface area contributed by atoms with Crippen molar-refractivity contribution in [2.45, 2.75) is 26.7 Å². The van der Waals surface area contributed by atoms with Gasteiger partial charge in [-0.3, -0.25) is 0 Å². The van der Waals surface area contributed by atoms with Gasteiger partial charge in [0.15, 0.2) is 0 Å². The lowest BCUT2D eigenvalue weighted by Crippen LogP contribution is -2.36. The number of aryl methyl sites for hydroxylation is 2. The third-order valence-corrected chi connectivity index (χ3v) is 5.05. The molecule has 5 nitrogen and oxygen atoms in total. The minimum Gasteiger partial charge on any atom is -0.444 e. The van der Waals surface area contributed by atoms with Crippen LogP contribution in [0.1, 0.15) is 22.4 Å². The van der Waals surface area contributed by atoms with E-state index in [9.17, 15) is 4.79 Å². The lowest BCUT2D eigenvalue weighted by molar-refractivity contribution is 0.214. The molecule has 27 heavy (non-hydrogen) atoms. The highest BCUT2D eigenvalue weighted by Gasteiger charge is 2.19. The van der Waals surface area contributed by atoms with Crippen LogP contribution >= 0.6 is 0 Å². The number of oxazole rings is 1. The van der Waals surface area contributed by atoms with Gasteiger partial charge in [0.05, 0.1) is 5.69 Å². The molecule has 0 radical (unpaired) electrons. The summed E-state index contributed by atoms with van der Waals surface area (Å²) >= 11 is 0. The summed E-state index contributed by atoms with van der Waals surface area (Å²) in [4.78, 5) is 19.1. The van der Waals surface area contributed by atoms with E-state index in [0.717, 1.165) is 48.4 Å². The molecule has 1 N–H and O–H groups in total. The van der Waals surface area contributed by atoms with Crippen molar-refractivity contribution < 1.29 is 9.21 Å². The Morgan fingerprint density at radius 1 is 1.07 bits per heavy atom. The molecule has 1 aromatic heterocycles. The van der Waals surface area contributed by atoms with E-state index in [4.69, 9.17) is 4.42 Å². The van der Waals surface area contributed by atoms with Crippen molar-refractivity contribution in [1.82, 2.24) is 9.88 Å². The Kier molecular flexibility index (Phi) is 4.67. The normalized spacial score (nSPS) is 13.8. The van der Waals surface area contributed by atoms with Crippen molar-refractivity contribution in [3.05, 3.63) is 71.1 Å². The predicted octanol–water partition coefficient (Wildman–Crippen LogP) is 4.59. The van der Waals surface area contributed by atoms with Gasteiger partial charge in [-0.15, -0.1) is 0 Å². The molecule has 4 rings (SSSR count). The molecule has 0 fully saturated rings. The van der Waals surface area contributed by atoms with Gasteiger partial charge in [0.2, 0.25) is 5.89 Å². The Morgan fingerprint density at radius 2 is 1.78 bits per heavy atom. The van der Waals surface area contributed by atoms with Gasteiger partial charge in [-0.05, 0) is 55.5 Å². The highest BCUT2D eigenvalue weighted by molar-refractivity contribution is 5.90. The van der Waals surface area contributed by atoms with Gasteiger partial charge in [-0.1, -0.05) is 30.3 Å². The Bertz CT molecular complexity index is 950. The summed E-state index contributed by atoms with van der Waals surface area (Å²) in [7, 11) is 0. The SMILES string of the molecule is Cc1coc(-c2cc(NC(=O)N3CCc4ccccc4CC3)ccc2C)n1. The molecule has 3 aromatic rings. The number of amides is 2. The van der Waals surface area contributed by atoms with E-state index in [1.54, 1.807) is 6.26 Å². The van der Waals surface area contributed by atoms with E-state index in [2.05, 4.69) is 34.6 Å². The molecule has 1 aliphatic rings. The number of urea groups is 1. The number of carbonyl (C=O) groups excluding carboxylic acids is 1. The largest absolute Gasteiger partial charge is 0.444 e. The maximum absolute atomic E-state index is 12.8. The van der Waals surface area contributed by atoms with Crippen LogP contribution in [0, 0.1) is 13.8 Å². The van der Waals surface area contributed by atoms with E-state index in [1.807, 2.05) is 36.9 Å². The zero-order chi connectivity index (χ0) is 18.8. The van der Waals surface area contributed by atoms with Gasteiger partial charge < -0.3 is 14.6 Å². The van der Waals surface area contributed by atoms with Crippen molar-refractivity contribution >= 4 is 11.7 Å². The van der Waals surface area contributed by atoms with Crippen LogP contribution in [0.25, 0.3) is 11.5 Å². The van der Waals surface area contributed by atoms with Crippen molar-refractivity contribution in [1.29, 1.82) is 0 Å². The molecule has 0 aliphatic carbocycles. The zero-order valence-electron chi connectivity index (χ0n) is 15.7. The summed E-state index contributed by atoms with van der Waals surface area (Å²) in [5.74, 6) is 0.575.